The third kappa shape index (κ3) is 3.70. The number of fused-ring (bicyclic) bond motifs is 1. The van der Waals surface area contributed by atoms with Crippen molar-refractivity contribution < 1.29 is 4.74 Å². The molecule has 2 atom stereocenters. The number of rotatable bonds is 3. The Morgan fingerprint density at radius 1 is 1.19 bits per heavy atom. The van der Waals surface area contributed by atoms with Crippen molar-refractivity contribution in [3.63, 3.8) is 0 Å². The number of morpholine rings is 1. The van der Waals surface area contributed by atoms with E-state index in [4.69, 9.17) is 9.72 Å². The number of benzene rings is 1. The lowest BCUT2D eigenvalue weighted by molar-refractivity contribution is -0.0710. The lowest BCUT2D eigenvalue weighted by atomic mass is 10.0. The normalized spacial score (nSPS) is 21.0. The second kappa shape index (κ2) is 7.19. The summed E-state index contributed by atoms with van der Waals surface area (Å²) in [5.74, 6) is 0.727. The van der Waals surface area contributed by atoms with E-state index in [1.165, 1.54) is 5.56 Å². The maximum Gasteiger partial charge on any atom is 0.260 e. The first-order valence-corrected chi connectivity index (χ1v) is 10.2. The van der Waals surface area contributed by atoms with E-state index >= 15 is 0 Å². The van der Waals surface area contributed by atoms with E-state index in [0.29, 0.717) is 11.9 Å². The number of H-pyrrole nitrogens is 1. The molecular weight excluding hydrogens is 358 g/mol. The van der Waals surface area contributed by atoms with Crippen LogP contribution in [-0.4, -0.2) is 40.2 Å². The summed E-state index contributed by atoms with van der Waals surface area (Å²) in [6, 6.07) is 8.31. The molecule has 0 spiro atoms. The van der Waals surface area contributed by atoms with Crippen molar-refractivity contribution in [2.24, 2.45) is 0 Å². The SMILES string of the molecule is Cc1ccc(-c2c(C)sc3nc(CN4C[C@H](C)O[C@@H](C)C4)[nH]c(=O)c23)cc1. The summed E-state index contributed by atoms with van der Waals surface area (Å²) in [4.78, 5) is 25.0. The van der Waals surface area contributed by atoms with Crippen LogP contribution >= 0.6 is 11.3 Å². The van der Waals surface area contributed by atoms with Gasteiger partial charge in [0.15, 0.2) is 0 Å². The quantitative estimate of drug-likeness (QED) is 0.746. The molecule has 0 saturated carbocycles. The van der Waals surface area contributed by atoms with Crippen LogP contribution in [0.5, 0.6) is 0 Å². The maximum absolute atomic E-state index is 12.9. The second-order valence-corrected chi connectivity index (χ2v) is 8.75. The molecule has 27 heavy (non-hydrogen) atoms. The van der Waals surface area contributed by atoms with Crippen LogP contribution in [0.15, 0.2) is 29.1 Å². The van der Waals surface area contributed by atoms with Crippen molar-refractivity contribution in [2.75, 3.05) is 13.1 Å². The average Bonchev–Trinajstić information content (AvgIpc) is 2.91. The molecule has 142 valence electrons. The Morgan fingerprint density at radius 2 is 1.85 bits per heavy atom. The van der Waals surface area contributed by atoms with Gasteiger partial charge in [0.05, 0.1) is 24.1 Å². The van der Waals surface area contributed by atoms with Crippen LogP contribution in [0.2, 0.25) is 0 Å². The third-order valence-corrected chi connectivity index (χ3v) is 6.00. The smallest absolute Gasteiger partial charge is 0.260 e. The number of ether oxygens (including phenoxy) is 1. The summed E-state index contributed by atoms with van der Waals surface area (Å²) in [7, 11) is 0. The number of hydrogen-bond acceptors (Lipinski definition) is 5. The molecule has 6 heteroatoms. The summed E-state index contributed by atoms with van der Waals surface area (Å²) < 4.78 is 5.79. The minimum absolute atomic E-state index is 0.0516. The molecular formula is C21H25N3O2S. The zero-order valence-corrected chi connectivity index (χ0v) is 17.0. The molecule has 3 aromatic rings. The molecule has 0 aliphatic carbocycles. The highest BCUT2D eigenvalue weighted by Gasteiger charge is 2.23. The summed E-state index contributed by atoms with van der Waals surface area (Å²) in [5.41, 5.74) is 3.23. The van der Waals surface area contributed by atoms with Crippen molar-refractivity contribution in [1.29, 1.82) is 0 Å². The zero-order chi connectivity index (χ0) is 19.1. The van der Waals surface area contributed by atoms with Crippen molar-refractivity contribution in [3.05, 3.63) is 50.9 Å². The molecule has 1 saturated heterocycles. The molecule has 0 unspecified atom stereocenters. The van der Waals surface area contributed by atoms with Gasteiger partial charge in [-0.15, -0.1) is 11.3 Å². The number of nitrogens with zero attached hydrogens (tertiary/aromatic N) is 2. The minimum Gasteiger partial charge on any atom is -0.373 e. The number of aromatic nitrogens is 2. The van der Waals surface area contributed by atoms with Crippen molar-refractivity contribution in [3.8, 4) is 11.1 Å². The van der Waals surface area contributed by atoms with Crippen LogP contribution in [0.1, 0.15) is 30.1 Å². The Bertz CT molecular complexity index is 1010. The second-order valence-electron chi connectivity index (χ2n) is 7.54. The number of nitrogens with one attached hydrogen (secondary N) is 1. The van der Waals surface area contributed by atoms with Crippen LogP contribution in [-0.2, 0) is 11.3 Å². The summed E-state index contributed by atoms with van der Waals surface area (Å²) in [6.45, 7) is 10.6. The summed E-state index contributed by atoms with van der Waals surface area (Å²) in [5, 5.41) is 0.703. The van der Waals surface area contributed by atoms with E-state index in [9.17, 15) is 4.79 Å². The van der Waals surface area contributed by atoms with Gasteiger partial charge in [-0.2, -0.15) is 0 Å². The molecule has 4 rings (SSSR count). The topological polar surface area (TPSA) is 58.2 Å². The van der Waals surface area contributed by atoms with Gasteiger partial charge in [-0.05, 0) is 33.3 Å². The van der Waals surface area contributed by atoms with E-state index in [-0.39, 0.29) is 17.8 Å². The largest absolute Gasteiger partial charge is 0.373 e. The Balaban J connectivity index is 1.71. The first kappa shape index (κ1) is 18.3. The predicted molar refractivity (Wildman–Crippen MR) is 110 cm³/mol. The van der Waals surface area contributed by atoms with Gasteiger partial charge < -0.3 is 9.72 Å². The van der Waals surface area contributed by atoms with Gasteiger partial charge in [0.2, 0.25) is 0 Å². The molecule has 1 aliphatic heterocycles. The van der Waals surface area contributed by atoms with Crippen molar-refractivity contribution >= 4 is 21.6 Å². The fourth-order valence-corrected chi connectivity index (χ4v) is 5.00. The molecule has 3 heterocycles. The van der Waals surface area contributed by atoms with E-state index in [1.807, 2.05) is 0 Å². The molecule has 1 fully saturated rings. The Morgan fingerprint density at radius 3 is 2.52 bits per heavy atom. The lowest BCUT2D eigenvalue weighted by Crippen LogP contribution is -2.45. The van der Waals surface area contributed by atoms with E-state index in [1.54, 1.807) is 11.3 Å². The predicted octanol–water partition coefficient (Wildman–Crippen LogP) is 3.88. The first-order valence-electron chi connectivity index (χ1n) is 9.38. The number of thiophene rings is 1. The van der Waals surface area contributed by atoms with Gasteiger partial charge in [-0.1, -0.05) is 29.8 Å². The van der Waals surface area contributed by atoms with Crippen LogP contribution in [0, 0.1) is 13.8 Å². The zero-order valence-electron chi connectivity index (χ0n) is 16.2. The van der Waals surface area contributed by atoms with Crippen molar-refractivity contribution in [1.82, 2.24) is 14.9 Å². The highest BCUT2D eigenvalue weighted by Crippen LogP contribution is 2.35. The van der Waals surface area contributed by atoms with E-state index < -0.39 is 0 Å². The number of aromatic amines is 1. The fraction of sp³-hybridized carbons (Fsp3) is 0.429. The van der Waals surface area contributed by atoms with Gasteiger partial charge in [-0.3, -0.25) is 9.69 Å². The van der Waals surface area contributed by atoms with Gasteiger partial charge >= 0.3 is 0 Å². The number of aryl methyl sites for hydroxylation is 2. The monoisotopic (exact) mass is 383 g/mol. The standard InChI is InChI=1S/C21H25N3O2S/c1-12-5-7-16(8-6-12)18-15(4)27-21-19(18)20(25)22-17(23-21)11-24-9-13(2)26-14(3)10-24/h5-8,13-14H,9-11H2,1-4H3,(H,22,23,25)/t13-,14-/m0/s1. The maximum atomic E-state index is 12.9. The molecule has 1 aliphatic rings. The molecule has 1 N–H and O–H groups in total. The highest BCUT2D eigenvalue weighted by atomic mass is 32.1. The van der Waals surface area contributed by atoms with Crippen LogP contribution in [0.25, 0.3) is 21.3 Å². The van der Waals surface area contributed by atoms with Gasteiger partial charge in [0, 0.05) is 23.5 Å². The van der Waals surface area contributed by atoms with Gasteiger partial charge in [0.1, 0.15) is 10.7 Å². The van der Waals surface area contributed by atoms with Crippen molar-refractivity contribution in [2.45, 2.75) is 46.4 Å². The Kier molecular flexibility index (Phi) is 4.88. The molecule has 5 nitrogen and oxygen atoms in total. The molecule has 2 aromatic heterocycles. The lowest BCUT2D eigenvalue weighted by Gasteiger charge is -2.34. The highest BCUT2D eigenvalue weighted by molar-refractivity contribution is 7.19. The Labute approximate surface area is 163 Å². The molecule has 1 aromatic carbocycles. The summed E-state index contributed by atoms with van der Waals surface area (Å²) >= 11 is 1.59. The Hall–Kier alpha value is -2.02. The van der Waals surface area contributed by atoms with Crippen LogP contribution in [0.4, 0.5) is 0 Å². The van der Waals surface area contributed by atoms with Crippen LogP contribution < -0.4 is 5.56 Å². The average molecular weight is 384 g/mol. The van der Waals surface area contributed by atoms with Gasteiger partial charge in [-0.25, -0.2) is 4.98 Å². The minimum atomic E-state index is -0.0516. The van der Waals surface area contributed by atoms with Crippen LogP contribution in [0.3, 0.4) is 0 Å². The number of hydrogen-bond donors (Lipinski definition) is 1. The third-order valence-electron chi connectivity index (χ3n) is 5.00. The van der Waals surface area contributed by atoms with E-state index in [0.717, 1.165) is 39.7 Å². The van der Waals surface area contributed by atoms with E-state index in [2.05, 4.69) is 61.8 Å². The molecule has 0 radical (unpaired) electrons. The molecule has 0 bridgehead atoms. The fourth-order valence-electron chi connectivity index (χ4n) is 3.93. The molecule has 0 amide bonds. The first-order chi connectivity index (χ1) is 12.9. The summed E-state index contributed by atoms with van der Waals surface area (Å²) in [6.07, 6.45) is 0.391. The van der Waals surface area contributed by atoms with Gasteiger partial charge in [0.25, 0.3) is 5.56 Å².